The number of primary sulfonamides is 1. The molecule has 1 rings (SSSR count). The van der Waals surface area contributed by atoms with Gasteiger partial charge in [0.1, 0.15) is 5.60 Å². The van der Waals surface area contributed by atoms with Crippen LogP contribution in [0.4, 0.5) is 13.2 Å². The van der Waals surface area contributed by atoms with E-state index in [0.717, 1.165) is 0 Å². The van der Waals surface area contributed by atoms with Gasteiger partial charge in [0.05, 0.1) is 4.75 Å². The number of halogens is 3. The number of nitrogens with two attached hydrogens (primary N) is 1. The summed E-state index contributed by atoms with van der Waals surface area (Å²) in [4.78, 5) is 10.7. The van der Waals surface area contributed by atoms with Crippen molar-refractivity contribution in [3.63, 3.8) is 0 Å². The molecule has 1 saturated carbocycles. The van der Waals surface area contributed by atoms with Crippen molar-refractivity contribution in [1.29, 1.82) is 0 Å². The lowest BCUT2D eigenvalue weighted by Crippen LogP contribution is -2.42. The van der Waals surface area contributed by atoms with Crippen molar-refractivity contribution in [1.82, 2.24) is 0 Å². The highest BCUT2D eigenvalue weighted by Crippen LogP contribution is 2.48. The molecule has 0 radical (unpaired) electrons. The van der Waals surface area contributed by atoms with Crippen LogP contribution >= 0.6 is 0 Å². The Kier molecular flexibility index (Phi) is 3.46. The number of carbonyl (C=O) groups excluding carboxylic acids is 1. The summed E-state index contributed by atoms with van der Waals surface area (Å²) in [6, 6.07) is 0. The average Bonchev–Trinajstić information content (AvgIpc) is 2.80. The third-order valence-corrected chi connectivity index (χ3v) is 4.52. The Morgan fingerprint density at radius 2 is 1.78 bits per heavy atom. The van der Waals surface area contributed by atoms with E-state index < -0.39 is 32.5 Å². The molecule has 1 fully saturated rings. The first-order valence-corrected chi connectivity index (χ1v) is 6.66. The third kappa shape index (κ3) is 3.35. The summed E-state index contributed by atoms with van der Waals surface area (Å²) in [6.45, 7) is 2.45. The molecule has 1 aliphatic rings. The van der Waals surface area contributed by atoms with Crippen LogP contribution in [0, 0.1) is 0 Å². The normalized spacial score (nSPS) is 19.4. The maximum atomic E-state index is 12.0. The van der Waals surface area contributed by atoms with Crippen molar-refractivity contribution >= 4 is 16.0 Å². The maximum Gasteiger partial charge on any atom is 0.490 e. The minimum absolute atomic E-state index is 0.249. The number of ether oxygens (including phenoxy) is 1. The highest BCUT2D eigenvalue weighted by molar-refractivity contribution is 7.90. The predicted octanol–water partition coefficient (Wildman–Crippen LogP) is 1.08. The molecular weight excluding hydrogens is 275 g/mol. The molecule has 0 heterocycles. The molecule has 0 spiro atoms. The molecule has 0 aromatic heterocycles. The first-order chi connectivity index (χ1) is 7.79. The van der Waals surface area contributed by atoms with Crippen molar-refractivity contribution in [2.45, 2.75) is 49.6 Å². The largest absolute Gasteiger partial charge is 0.490 e. The van der Waals surface area contributed by atoms with E-state index in [0.29, 0.717) is 0 Å². The highest BCUT2D eigenvalue weighted by Gasteiger charge is 2.57. The van der Waals surface area contributed by atoms with Crippen molar-refractivity contribution in [2.75, 3.05) is 0 Å². The molecule has 0 bridgehead atoms. The van der Waals surface area contributed by atoms with E-state index in [1.165, 1.54) is 13.8 Å². The van der Waals surface area contributed by atoms with Crippen molar-refractivity contribution in [3.8, 4) is 0 Å². The number of sulfonamides is 1. The second-order valence-electron chi connectivity index (χ2n) is 5.05. The summed E-state index contributed by atoms with van der Waals surface area (Å²) < 4.78 is 61.7. The molecule has 0 saturated heterocycles. The van der Waals surface area contributed by atoms with Gasteiger partial charge in [-0.3, -0.25) is 0 Å². The molecule has 0 aromatic carbocycles. The first kappa shape index (κ1) is 15.2. The Morgan fingerprint density at radius 3 is 2.06 bits per heavy atom. The topological polar surface area (TPSA) is 86.5 Å². The predicted molar refractivity (Wildman–Crippen MR) is 55.9 cm³/mol. The molecule has 0 aromatic rings. The van der Waals surface area contributed by atoms with Gasteiger partial charge in [0, 0.05) is 6.42 Å². The Morgan fingerprint density at radius 1 is 1.33 bits per heavy atom. The quantitative estimate of drug-likeness (QED) is 0.785. The Hall–Kier alpha value is -0.830. The van der Waals surface area contributed by atoms with Gasteiger partial charge in [-0.2, -0.15) is 13.2 Å². The second kappa shape index (κ2) is 4.09. The van der Waals surface area contributed by atoms with Gasteiger partial charge >= 0.3 is 12.1 Å². The van der Waals surface area contributed by atoms with E-state index in [9.17, 15) is 26.4 Å². The highest BCUT2D eigenvalue weighted by atomic mass is 32.2. The number of carbonyl (C=O) groups is 1. The molecule has 0 atom stereocenters. The van der Waals surface area contributed by atoms with E-state index >= 15 is 0 Å². The van der Waals surface area contributed by atoms with Gasteiger partial charge in [-0.25, -0.2) is 18.4 Å². The summed E-state index contributed by atoms with van der Waals surface area (Å²) in [5, 5.41) is 5.01. The van der Waals surface area contributed by atoms with Gasteiger partial charge in [-0.05, 0) is 26.7 Å². The molecule has 0 amide bonds. The fourth-order valence-electron chi connectivity index (χ4n) is 1.82. The van der Waals surface area contributed by atoms with Gasteiger partial charge in [0.2, 0.25) is 10.0 Å². The van der Waals surface area contributed by atoms with E-state index in [1.54, 1.807) is 0 Å². The zero-order chi connectivity index (χ0) is 14.4. The van der Waals surface area contributed by atoms with Crippen molar-refractivity contribution < 1.29 is 31.1 Å². The number of hydrogen-bond acceptors (Lipinski definition) is 4. The maximum absolute atomic E-state index is 12.0. The average molecular weight is 289 g/mol. The first-order valence-electron chi connectivity index (χ1n) is 5.12. The fraction of sp³-hybridized carbons (Fsp3) is 0.889. The zero-order valence-corrected chi connectivity index (χ0v) is 10.7. The van der Waals surface area contributed by atoms with Crippen LogP contribution < -0.4 is 5.14 Å². The van der Waals surface area contributed by atoms with Gasteiger partial charge in [-0.15, -0.1) is 0 Å². The van der Waals surface area contributed by atoms with Crippen LogP contribution in [0.15, 0.2) is 0 Å². The van der Waals surface area contributed by atoms with E-state index in [1.807, 2.05) is 0 Å². The lowest BCUT2D eigenvalue weighted by atomic mass is 10.0. The van der Waals surface area contributed by atoms with Crippen LogP contribution in [0.3, 0.4) is 0 Å². The fourth-order valence-corrected chi connectivity index (χ4v) is 3.04. The summed E-state index contributed by atoms with van der Waals surface area (Å²) in [5.74, 6) is -2.34. The van der Waals surface area contributed by atoms with Crippen LogP contribution in [0.25, 0.3) is 0 Å². The summed E-state index contributed by atoms with van der Waals surface area (Å²) in [5.41, 5.74) is -1.55. The summed E-state index contributed by atoms with van der Waals surface area (Å²) in [6.07, 6.45) is -4.83. The van der Waals surface area contributed by atoms with Gasteiger partial charge in [0.15, 0.2) is 0 Å². The molecule has 0 unspecified atom stereocenters. The molecule has 9 heteroatoms. The molecule has 1 aliphatic carbocycles. The Bertz CT molecular complexity index is 451. The third-order valence-electron chi connectivity index (χ3n) is 2.76. The Labute approximate surface area is 103 Å². The summed E-state index contributed by atoms with van der Waals surface area (Å²) in [7, 11) is -3.87. The lowest BCUT2D eigenvalue weighted by molar-refractivity contribution is -0.212. The SMILES string of the molecule is CC(C)(CC1(S(N)(=O)=O)CC1)OC(=O)C(F)(F)F. The number of hydrogen-bond donors (Lipinski definition) is 1. The lowest BCUT2D eigenvalue weighted by Gasteiger charge is -2.29. The van der Waals surface area contributed by atoms with Gasteiger partial charge in [0.25, 0.3) is 0 Å². The zero-order valence-electron chi connectivity index (χ0n) is 9.87. The molecular formula is C9H14F3NO4S. The standard InChI is InChI=1S/C9H14F3NO4S/c1-7(2,17-6(14)9(10,11)12)5-8(3-4-8)18(13,15)16/h3-5H2,1-2H3,(H2,13,15,16). The monoisotopic (exact) mass is 289 g/mol. The van der Waals surface area contributed by atoms with Crippen LogP contribution in [0.1, 0.15) is 33.1 Å². The molecule has 0 aliphatic heterocycles. The number of esters is 1. The number of alkyl halides is 3. The molecule has 2 N–H and O–H groups in total. The van der Waals surface area contributed by atoms with Crippen molar-refractivity contribution in [2.24, 2.45) is 5.14 Å². The Balaban J connectivity index is 2.76. The number of rotatable bonds is 4. The molecule has 18 heavy (non-hydrogen) atoms. The van der Waals surface area contributed by atoms with Crippen LogP contribution in [0.2, 0.25) is 0 Å². The van der Waals surface area contributed by atoms with Crippen LogP contribution in [-0.2, 0) is 19.6 Å². The summed E-state index contributed by atoms with van der Waals surface area (Å²) >= 11 is 0. The van der Waals surface area contributed by atoms with E-state index in [4.69, 9.17) is 5.14 Å². The minimum atomic E-state index is -5.10. The van der Waals surface area contributed by atoms with Crippen molar-refractivity contribution in [3.05, 3.63) is 0 Å². The second-order valence-corrected chi connectivity index (χ2v) is 7.01. The van der Waals surface area contributed by atoms with Gasteiger partial charge in [-0.1, -0.05) is 0 Å². The smallest absolute Gasteiger partial charge is 0.453 e. The van der Waals surface area contributed by atoms with E-state index in [-0.39, 0.29) is 19.3 Å². The van der Waals surface area contributed by atoms with E-state index in [2.05, 4.69) is 4.74 Å². The van der Waals surface area contributed by atoms with Crippen LogP contribution in [0.5, 0.6) is 0 Å². The van der Waals surface area contributed by atoms with Crippen LogP contribution in [-0.4, -0.2) is 30.9 Å². The van der Waals surface area contributed by atoms with Gasteiger partial charge < -0.3 is 4.74 Å². The molecule has 5 nitrogen and oxygen atoms in total. The minimum Gasteiger partial charge on any atom is -0.453 e. The molecule has 106 valence electrons.